The first-order valence-corrected chi connectivity index (χ1v) is 7.12. The molecule has 1 atom stereocenters. The third-order valence-electron chi connectivity index (χ3n) is 2.87. The summed E-state index contributed by atoms with van der Waals surface area (Å²) in [7, 11) is 0. The molecule has 0 aliphatic carbocycles. The molecule has 2 aromatic heterocycles. The maximum atomic E-state index is 12.8. The van der Waals surface area contributed by atoms with Gasteiger partial charge < -0.3 is 0 Å². The highest BCUT2D eigenvalue weighted by Crippen LogP contribution is 2.20. The molecule has 22 heavy (non-hydrogen) atoms. The van der Waals surface area contributed by atoms with Crippen molar-refractivity contribution in [1.29, 1.82) is 0 Å². The van der Waals surface area contributed by atoms with Gasteiger partial charge in [-0.05, 0) is 32.0 Å². The van der Waals surface area contributed by atoms with Gasteiger partial charge in [-0.1, -0.05) is 0 Å². The smallest absolute Gasteiger partial charge is 0.271 e. The molecule has 0 unspecified atom stereocenters. The first-order valence-electron chi connectivity index (χ1n) is 6.31. The maximum absolute atomic E-state index is 12.8. The van der Waals surface area contributed by atoms with E-state index >= 15 is 0 Å². The summed E-state index contributed by atoms with van der Waals surface area (Å²) < 4.78 is 39.2. The molecule has 0 aromatic carbocycles. The van der Waals surface area contributed by atoms with Crippen molar-refractivity contribution in [2.75, 3.05) is 0 Å². The number of carbonyl (C=O) groups excluding carboxylic acids is 1. The van der Waals surface area contributed by atoms with Crippen LogP contribution >= 0.6 is 11.3 Å². The summed E-state index contributed by atoms with van der Waals surface area (Å²) >= 11 is 0.885. The minimum absolute atomic E-state index is 0.354. The Labute approximate surface area is 128 Å². The lowest BCUT2D eigenvalue weighted by atomic mass is 10.3. The monoisotopic (exact) mass is 330 g/mol. The second-order valence-corrected chi connectivity index (χ2v) is 5.57. The van der Waals surface area contributed by atoms with E-state index in [1.54, 1.807) is 6.92 Å². The maximum Gasteiger partial charge on any atom is 0.282 e. The molecule has 1 N–H and O–H groups in total. The SMILES string of the molecule is Cc1cc(C(F)F)nn1[C@H](C)C(=O)N/N=C\c1ccc(F)s1. The van der Waals surface area contributed by atoms with E-state index < -0.39 is 18.4 Å². The Kier molecular flexibility index (Phi) is 4.96. The topological polar surface area (TPSA) is 59.3 Å². The van der Waals surface area contributed by atoms with Gasteiger partial charge in [-0.2, -0.15) is 14.6 Å². The molecule has 0 bridgehead atoms. The molecule has 118 valence electrons. The Morgan fingerprint density at radius 3 is 2.77 bits per heavy atom. The lowest BCUT2D eigenvalue weighted by molar-refractivity contribution is -0.124. The summed E-state index contributed by atoms with van der Waals surface area (Å²) in [6.07, 6.45) is -1.39. The summed E-state index contributed by atoms with van der Waals surface area (Å²) in [5.74, 6) is -0.514. The summed E-state index contributed by atoms with van der Waals surface area (Å²) in [5.41, 5.74) is 2.34. The molecular weight excluding hydrogens is 317 g/mol. The number of hydrazone groups is 1. The van der Waals surface area contributed by atoms with Crippen molar-refractivity contribution < 1.29 is 18.0 Å². The average Bonchev–Trinajstić information content (AvgIpc) is 3.04. The quantitative estimate of drug-likeness (QED) is 0.677. The zero-order valence-corrected chi connectivity index (χ0v) is 12.6. The van der Waals surface area contributed by atoms with Crippen molar-refractivity contribution in [2.24, 2.45) is 5.10 Å². The van der Waals surface area contributed by atoms with Crippen molar-refractivity contribution >= 4 is 23.5 Å². The third-order valence-corrected chi connectivity index (χ3v) is 3.68. The largest absolute Gasteiger partial charge is 0.282 e. The second kappa shape index (κ2) is 6.73. The molecule has 9 heteroatoms. The Balaban J connectivity index is 2.01. The average molecular weight is 330 g/mol. The van der Waals surface area contributed by atoms with Gasteiger partial charge in [-0.25, -0.2) is 14.2 Å². The number of halogens is 3. The number of alkyl halides is 2. The molecular formula is C13H13F3N4OS. The molecule has 5 nitrogen and oxygen atoms in total. The number of rotatable bonds is 5. The van der Waals surface area contributed by atoms with Crippen molar-refractivity contribution in [3.63, 3.8) is 0 Å². The van der Waals surface area contributed by atoms with Gasteiger partial charge in [0.25, 0.3) is 12.3 Å². The van der Waals surface area contributed by atoms with Crippen LogP contribution in [0.2, 0.25) is 0 Å². The van der Waals surface area contributed by atoms with E-state index in [1.807, 2.05) is 0 Å². The molecule has 0 saturated carbocycles. The summed E-state index contributed by atoms with van der Waals surface area (Å²) in [6.45, 7) is 3.10. The zero-order chi connectivity index (χ0) is 16.3. The van der Waals surface area contributed by atoms with Crippen LogP contribution in [0.4, 0.5) is 13.2 Å². The highest BCUT2D eigenvalue weighted by molar-refractivity contribution is 7.12. The summed E-state index contributed by atoms with van der Waals surface area (Å²) in [4.78, 5) is 12.5. The fourth-order valence-corrected chi connectivity index (χ4v) is 2.38. The van der Waals surface area contributed by atoms with Crippen LogP contribution in [0.3, 0.4) is 0 Å². The molecule has 2 aromatic rings. The van der Waals surface area contributed by atoms with E-state index in [2.05, 4.69) is 15.6 Å². The molecule has 0 aliphatic heterocycles. The number of hydrogen-bond acceptors (Lipinski definition) is 4. The van der Waals surface area contributed by atoms with Gasteiger partial charge in [-0.15, -0.1) is 11.3 Å². The predicted molar refractivity (Wildman–Crippen MR) is 76.6 cm³/mol. The Morgan fingerprint density at radius 2 is 2.23 bits per heavy atom. The van der Waals surface area contributed by atoms with Crippen LogP contribution in [0.15, 0.2) is 23.3 Å². The number of nitrogens with zero attached hydrogens (tertiary/aromatic N) is 3. The molecule has 0 spiro atoms. The number of hydrogen-bond donors (Lipinski definition) is 1. The minimum Gasteiger partial charge on any atom is -0.271 e. The summed E-state index contributed by atoms with van der Waals surface area (Å²) in [5, 5.41) is 7.06. The van der Waals surface area contributed by atoms with Crippen LogP contribution in [0.25, 0.3) is 0 Å². The van der Waals surface area contributed by atoms with Crippen molar-refractivity contribution in [3.8, 4) is 0 Å². The Bertz CT molecular complexity index is 695. The van der Waals surface area contributed by atoms with Gasteiger partial charge in [-0.3, -0.25) is 9.48 Å². The zero-order valence-electron chi connectivity index (χ0n) is 11.8. The minimum atomic E-state index is -2.69. The van der Waals surface area contributed by atoms with Crippen LogP contribution in [0, 0.1) is 12.1 Å². The number of thiophene rings is 1. The molecule has 2 rings (SSSR count). The van der Waals surface area contributed by atoms with Gasteiger partial charge >= 0.3 is 0 Å². The molecule has 0 saturated heterocycles. The van der Waals surface area contributed by atoms with Gasteiger partial charge in [0, 0.05) is 5.69 Å². The normalized spacial score (nSPS) is 13.0. The Morgan fingerprint density at radius 1 is 1.50 bits per heavy atom. The van der Waals surface area contributed by atoms with Crippen LogP contribution in [0.5, 0.6) is 0 Å². The number of carbonyl (C=O) groups is 1. The Hall–Kier alpha value is -2.16. The number of aromatic nitrogens is 2. The highest BCUT2D eigenvalue weighted by atomic mass is 32.1. The molecule has 1 amide bonds. The number of aryl methyl sites for hydroxylation is 1. The van der Waals surface area contributed by atoms with Crippen LogP contribution in [-0.2, 0) is 4.79 Å². The van der Waals surface area contributed by atoms with E-state index in [4.69, 9.17) is 0 Å². The lowest BCUT2D eigenvalue weighted by Crippen LogP contribution is -2.28. The predicted octanol–water partition coefficient (Wildman–Crippen LogP) is 3.04. The number of nitrogens with one attached hydrogen (secondary N) is 1. The van der Waals surface area contributed by atoms with Gasteiger partial charge in [0.05, 0.1) is 11.1 Å². The van der Waals surface area contributed by atoms with Gasteiger partial charge in [0.15, 0.2) is 5.13 Å². The van der Waals surface area contributed by atoms with E-state index in [-0.39, 0.29) is 10.8 Å². The molecule has 2 heterocycles. The third kappa shape index (κ3) is 3.73. The van der Waals surface area contributed by atoms with E-state index in [1.165, 1.54) is 36.0 Å². The van der Waals surface area contributed by atoms with Crippen LogP contribution in [0.1, 0.15) is 35.7 Å². The van der Waals surface area contributed by atoms with Gasteiger partial charge in [0.1, 0.15) is 11.7 Å². The standard InChI is InChI=1S/C13H13F3N4OS/c1-7-5-10(12(15)16)19-20(7)8(2)13(21)18-17-6-9-3-4-11(14)22-9/h3-6,8,12H,1-2H3,(H,18,21)/b17-6-/t8-/m1/s1. The number of amides is 1. The fourth-order valence-electron chi connectivity index (χ4n) is 1.77. The molecule has 0 radical (unpaired) electrons. The first kappa shape index (κ1) is 16.2. The van der Waals surface area contributed by atoms with E-state index in [9.17, 15) is 18.0 Å². The second-order valence-electron chi connectivity index (χ2n) is 4.51. The first-order chi connectivity index (χ1) is 10.4. The van der Waals surface area contributed by atoms with Crippen LogP contribution in [-0.4, -0.2) is 21.9 Å². The van der Waals surface area contributed by atoms with Crippen molar-refractivity contribution in [1.82, 2.24) is 15.2 Å². The molecule has 0 aliphatic rings. The van der Waals surface area contributed by atoms with Crippen LogP contribution < -0.4 is 5.43 Å². The molecule has 0 fully saturated rings. The van der Waals surface area contributed by atoms with Crippen molar-refractivity contribution in [3.05, 3.63) is 39.6 Å². The fraction of sp³-hybridized carbons (Fsp3) is 0.308. The summed E-state index contributed by atoms with van der Waals surface area (Å²) in [6, 6.07) is 3.23. The van der Waals surface area contributed by atoms with Gasteiger partial charge in [0.2, 0.25) is 0 Å². The van der Waals surface area contributed by atoms with E-state index in [0.717, 1.165) is 11.3 Å². The highest BCUT2D eigenvalue weighted by Gasteiger charge is 2.20. The lowest BCUT2D eigenvalue weighted by Gasteiger charge is -2.12. The van der Waals surface area contributed by atoms with E-state index in [0.29, 0.717) is 10.6 Å². The van der Waals surface area contributed by atoms with Crippen molar-refractivity contribution in [2.45, 2.75) is 26.3 Å².